The van der Waals surface area contributed by atoms with E-state index in [9.17, 15) is 4.79 Å². The molecule has 100 valence electrons. The van der Waals surface area contributed by atoms with Crippen molar-refractivity contribution in [3.05, 3.63) is 57.4 Å². The van der Waals surface area contributed by atoms with Gasteiger partial charge in [-0.25, -0.2) is 0 Å². The average Bonchev–Trinajstić information content (AvgIpc) is 2.82. The third-order valence-corrected chi connectivity index (χ3v) is 3.72. The van der Waals surface area contributed by atoms with Crippen molar-refractivity contribution in [2.45, 2.75) is 0 Å². The van der Waals surface area contributed by atoms with E-state index in [4.69, 9.17) is 5.73 Å². The zero-order valence-corrected chi connectivity index (χ0v) is 11.9. The molecule has 0 saturated heterocycles. The van der Waals surface area contributed by atoms with Crippen molar-refractivity contribution in [3.63, 3.8) is 0 Å². The van der Waals surface area contributed by atoms with E-state index in [1.807, 2.05) is 24.3 Å². The molecule has 0 radical (unpaired) electrons. The molecule has 1 aromatic carbocycles. The maximum Gasteiger partial charge on any atom is 0.190 e. The first-order chi connectivity index (χ1) is 9.68. The van der Waals surface area contributed by atoms with Crippen LogP contribution >= 0.6 is 15.9 Å². The highest BCUT2D eigenvalue weighted by Crippen LogP contribution is 2.37. The molecule has 2 aromatic heterocycles. The zero-order chi connectivity index (χ0) is 14.1. The van der Waals surface area contributed by atoms with Gasteiger partial charge in [-0.15, -0.1) is 0 Å². The first-order valence-corrected chi connectivity index (χ1v) is 6.74. The molecule has 0 aliphatic heterocycles. The molecule has 0 saturated carbocycles. The van der Waals surface area contributed by atoms with E-state index < -0.39 is 0 Å². The van der Waals surface area contributed by atoms with E-state index in [2.05, 4.69) is 31.1 Å². The van der Waals surface area contributed by atoms with Crippen LogP contribution in [0.1, 0.15) is 0 Å². The van der Waals surface area contributed by atoms with Gasteiger partial charge in [0.2, 0.25) is 0 Å². The summed E-state index contributed by atoms with van der Waals surface area (Å²) in [5.41, 5.74) is 8.57. The van der Waals surface area contributed by atoms with Gasteiger partial charge in [-0.3, -0.25) is 9.89 Å². The number of aromatic amines is 2. The van der Waals surface area contributed by atoms with Gasteiger partial charge >= 0.3 is 0 Å². The summed E-state index contributed by atoms with van der Waals surface area (Å²) >= 11 is 3.49. The second-order valence-corrected chi connectivity index (χ2v) is 5.12. The Balaban J connectivity index is 2.29. The molecule has 0 aliphatic carbocycles. The Labute approximate surface area is 123 Å². The van der Waals surface area contributed by atoms with Crippen molar-refractivity contribution >= 4 is 21.7 Å². The van der Waals surface area contributed by atoms with Crippen LogP contribution in [0.15, 0.2) is 52.0 Å². The molecular formula is C14H11BrN4O. The number of hydrogen-bond acceptors (Lipinski definition) is 3. The average molecular weight is 331 g/mol. The van der Waals surface area contributed by atoms with E-state index in [1.54, 1.807) is 12.4 Å². The summed E-state index contributed by atoms with van der Waals surface area (Å²) in [5, 5.41) is 6.87. The number of H-pyrrole nitrogens is 2. The number of nitrogens with zero attached hydrogens (tertiary/aromatic N) is 1. The first-order valence-electron chi connectivity index (χ1n) is 5.94. The number of hydrogen-bond donors (Lipinski definition) is 3. The Morgan fingerprint density at radius 2 is 1.95 bits per heavy atom. The van der Waals surface area contributed by atoms with Gasteiger partial charge in [-0.1, -0.05) is 34.1 Å². The van der Waals surface area contributed by atoms with Gasteiger partial charge in [0.1, 0.15) is 0 Å². The highest BCUT2D eigenvalue weighted by atomic mass is 79.9. The molecule has 3 rings (SSSR count). The second kappa shape index (κ2) is 4.97. The van der Waals surface area contributed by atoms with E-state index in [1.165, 1.54) is 6.07 Å². The topological polar surface area (TPSA) is 87.6 Å². The molecule has 2 heterocycles. The Bertz CT molecular complexity index is 822. The summed E-state index contributed by atoms with van der Waals surface area (Å²) in [7, 11) is 0. The number of anilines is 1. The predicted molar refractivity (Wildman–Crippen MR) is 82.2 cm³/mol. The Kier molecular flexibility index (Phi) is 3.15. The smallest absolute Gasteiger partial charge is 0.190 e. The molecule has 0 atom stereocenters. The highest BCUT2D eigenvalue weighted by molar-refractivity contribution is 9.10. The van der Waals surface area contributed by atoms with Crippen LogP contribution in [0.4, 0.5) is 5.82 Å². The van der Waals surface area contributed by atoms with Gasteiger partial charge in [-0.05, 0) is 6.07 Å². The van der Waals surface area contributed by atoms with Gasteiger partial charge in [0.25, 0.3) is 0 Å². The van der Waals surface area contributed by atoms with E-state index >= 15 is 0 Å². The minimum Gasteiger partial charge on any atom is -0.382 e. The number of halogens is 1. The lowest BCUT2D eigenvalue weighted by Crippen LogP contribution is -2.03. The van der Waals surface area contributed by atoms with Crippen molar-refractivity contribution in [1.29, 1.82) is 0 Å². The summed E-state index contributed by atoms with van der Waals surface area (Å²) in [5.74, 6) is 0.357. The number of pyridine rings is 1. The van der Waals surface area contributed by atoms with Crippen LogP contribution in [0, 0.1) is 0 Å². The number of rotatable bonds is 2. The van der Waals surface area contributed by atoms with Gasteiger partial charge in [0.05, 0.1) is 16.8 Å². The Hall–Kier alpha value is -2.34. The van der Waals surface area contributed by atoms with Crippen LogP contribution in [0.25, 0.3) is 22.4 Å². The largest absolute Gasteiger partial charge is 0.382 e. The SMILES string of the molecule is Nc1n[nH]c(-c2c[nH]ccc2=O)c1-c1ccccc1Br. The second-order valence-electron chi connectivity index (χ2n) is 4.26. The van der Waals surface area contributed by atoms with E-state index in [0.29, 0.717) is 22.6 Å². The highest BCUT2D eigenvalue weighted by Gasteiger charge is 2.18. The van der Waals surface area contributed by atoms with Gasteiger partial charge < -0.3 is 10.7 Å². The standard InChI is InChI=1S/C14H11BrN4O/c15-10-4-2-1-3-8(10)12-13(18-19-14(12)16)9-7-17-6-5-11(9)20/h1-7H,(H,17,20)(H3,16,18,19). The van der Waals surface area contributed by atoms with Crippen LogP contribution in [0.3, 0.4) is 0 Å². The number of nitrogens with one attached hydrogen (secondary N) is 2. The lowest BCUT2D eigenvalue weighted by atomic mass is 10.0. The van der Waals surface area contributed by atoms with Gasteiger partial charge in [0.15, 0.2) is 11.2 Å². The number of nitrogens with two attached hydrogens (primary N) is 1. The first kappa shape index (κ1) is 12.7. The van der Waals surface area contributed by atoms with Crippen LogP contribution in [0.2, 0.25) is 0 Å². The molecule has 0 unspecified atom stereocenters. The van der Waals surface area contributed by atoms with Crippen LogP contribution < -0.4 is 11.2 Å². The molecular weight excluding hydrogens is 320 g/mol. The molecule has 4 N–H and O–H groups in total. The van der Waals surface area contributed by atoms with E-state index in [-0.39, 0.29) is 5.43 Å². The molecule has 0 amide bonds. The van der Waals surface area contributed by atoms with Crippen molar-refractivity contribution in [1.82, 2.24) is 15.2 Å². The van der Waals surface area contributed by atoms with Crippen molar-refractivity contribution < 1.29 is 0 Å². The number of aromatic nitrogens is 3. The molecule has 5 nitrogen and oxygen atoms in total. The van der Waals surface area contributed by atoms with E-state index in [0.717, 1.165) is 10.0 Å². The van der Waals surface area contributed by atoms with Crippen molar-refractivity contribution in [2.24, 2.45) is 0 Å². The molecule has 6 heteroatoms. The summed E-state index contributed by atoms with van der Waals surface area (Å²) < 4.78 is 0.890. The maximum absolute atomic E-state index is 12.0. The molecule has 0 bridgehead atoms. The number of benzene rings is 1. The fourth-order valence-corrected chi connectivity index (χ4v) is 2.58. The lowest BCUT2D eigenvalue weighted by molar-refractivity contribution is 1.10. The molecule has 0 spiro atoms. The molecule has 20 heavy (non-hydrogen) atoms. The maximum atomic E-state index is 12.0. The Morgan fingerprint density at radius 1 is 1.15 bits per heavy atom. The van der Waals surface area contributed by atoms with Crippen LogP contribution in [-0.4, -0.2) is 15.2 Å². The van der Waals surface area contributed by atoms with Crippen LogP contribution in [0.5, 0.6) is 0 Å². The fraction of sp³-hybridized carbons (Fsp3) is 0. The molecule has 0 fully saturated rings. The van der Waals surface area contributed by atoms with Crippen molar-refractivity contribution in [2.75, 3.05) is 5.73 Å². The molecule has 3 aromatic rings. The number of nitrogen functional groups attached to an aromatic ring is 1. The van der Waals surface area contributed by atoms with Crippen molar-refractivity contribution in [3.8, 4) is 22.4 Å². The monoisotopic (exact) mass is 330 g/mol. The van der Waals surface area contributed by atoms with Gasteiger partial charge in [-0.2, -0.15) is 5.10 Å². The molecule has 0 aliphatic rings. The fourth-order valence-electron chi connectivity index (χ4n) is 2.10. The lowest BCUT2D eigenvalue weighted by Gasteiger charge is -2.06. The minimum atomic E-state index is -0.0966. The summed E-state index contributed by atoms with van der Waals surface area (Å²) in [6, 6.07) is 9.13. The van der Waals surface area contributed by atoms with Crippen LogP contribution in [-0.2, 0) is 0 Å². The summed E-state index contributed by atoms with van der Waals surface area (Å²) in [6.07, 6.45) is 3.22. The summed E-state index contributed by atoms with van der Waals surface area (Å²) in [6.45, 7) is 0. The minimum absolute atomic E-state index is 0.0966. The predicted octanol–water partition coefficient (Wildman–Crippen LogP) is 2.78. The third kappa shape index (κ3) is 2.04. The van der Waals surface area contributed by atoms with Gasteiger partial charge in [0, 0.05) is 28.5 Å². The zero-order valence-electron chi connectivity index (χ0n) is 10.4. The Morgan fingerprint density at radius 3 is 2.70 bits per heavy atom. The normalized spacial score (nSPS) is 10.7. The summed E-state index contributed by atoms with van der Waals surface area (Å²) in [4.78, 5) is 14.9. The quantitative estimate of drug-likeness (QED) is 0.675. The third-order valence-electron chi connectivity index (χ3n) is 3.03.